The molecule has 23 heavy (non-hydrogen) atoms. The molecule has 114 valence electrons. The zero-order valence-corrected chi connectivity index (χ0v) is 13.4. The third kappa shape index (κ3) is 2.12. The van der Waals surface area contributed by atoms with Crippen molar-refractivity contribution in [2.75, 3.05) is 5.73 Å². The molecule has 0 atom stereocenters. The standard InChI is InChI=1S/C19H17N3O/c1-19(2,3)17-13(9-21)18(22)12(8-20)16-11-6-4-5-7-15(11)23-10-14(16)17/h4-7H,10,22H2,1-3H3. The van der Waals surface area contributed by atoms with Crippen LogP contribution >= 0.6 is 0 Å². The Balaban J connectivity index is 2.53. The molecule has 4 heteroatoms. The molecule has 0 bridgehead atoms. The lowest BCUT2D eigenvalue weighted by Gasteiger charge is -2.31. The van der Waals surface area contributed by atoms with E-state index in [4.69, 9.17) is 10.5 Å². The molecule has 2 aromatic carbocycles. The molecule has 0 spiro atoms. The second-order valence-electron chi connectivity index (χ2n) is 6.65. The molecule has 1 heterocycles. The molecule has 0 fully saturated rings. The quantitative estimate of drug-likeness (QED) is 0.749. The first kappa shape index (κ1) is 14.9. The highest BCUT2D eigenvalue weighted by Gasteiger charge is 2.32. The first-order chi connectivity index (χ1) is 10.9. The molecular weight excluding hydrogens is 286 g/mol. The van der Waals surface area contributed by atoms with E-state index in [1.807, 2.05) is 45.0 Å². The molecule has 0 aliphatic carbocycles. The maximum atomic E-state index is 9.63. The highest BCUT2D eigenvalue weighted by molar-refractivity contribution is 5.88. The number of anilines is 1. The number of ether oxygens (including phenoxy) is 1. The van der Waals surface area contributed by atoms with E-state index in [1.54, 1.807) is 0 Å². The van der Waals surface area contributed by atoms with Gasteiger partial charge in [0, 0.05) is 16.7 Å². The van der Waals surface area contributed by atoms with Crippen molar-refractivity contribution in [2.45, 2.75) is 32.8 Å². The third-order valence-corrected chi connectivity index (χ3v) is 4.14. The predicted octanol–water partition coefficient (Wildman–Crippen LogP) is 3.87. The third-order valence-electron chi connectivity index (χ3n) is 4.14. The summed E-state index contributed by atoms with van der Waals surface area (Å²) in [7, 11) is 0. The Morgan fingerprint density at radius 3 is 2.35 bits per heavy atom. The van der Waals surface area contributed by atoms with Gasteiger partial charge in [-0.15, -0.1) is 0 Å². The van der Waals surface area contributed by atoms with Gasteiger partial charge in [-0.1, -0.05) is 39.0 Å². The minimum absolute atomic E-state index is 0.260. The number of benzene rings is 2. The summed E-state index contributed by atoms with van der Waals surface area (Å²) in [6, 6.07) is 12.0. The zero-order chi connectivity index (χ0) is 16.8. The van der Waals surface area contributed by atoms with Gasteiger partial charge >= 0.3 is 0 Å². The van der Waals surface area contributed by atoms with Crippen LogP contribution in [-0.2, 0) is 12.0 Å². The molecule has 0 saturated heterocycles. The predicted molar refractivity (Wildman–Crippen MR) is 88.8 cm³/mol. The molecule has 1 aliphatic rings. The Bertz CT molecular complexity index is 893. The van der Waals surface area contributed by atoms with Gasteiger partial charge in [0.1, 0.15) is 24.5 Å². The summed E-state index contributed by atoms with van der Waals surface area (Å²) in [6.07, 6.45) is 0. The van der Waals surface area contributed by atoms with Gasteiger partial charge in [-0.25, -0.2) is 0 Å². The average Bonchev–Trinajstić information content (AvgIpc) is 2.52. The van der Waals surface area contributed by atoms with Crippen LogP contribution < -0.4 is 10.5 Å². The van der Waals surface area contributed by atoms with E-state index in [9.17, 15) is 10.5 Å². The Labute approximate surface area is 135 Å². The largest absolute Gasteiger partial charge is 0.488 e. The summed E-state index contributed by atoms with van der Waals surface area (Å²) in [5.41, 5.74) is 10.3. The van der Waals surface area contributed by atoms with Crippen LogP contribution in [0.2, 0.25) is 0 Å². The van der Waals surface area contributed by atoms with Crippen LogP contribution in [0.3, 0.4) is 0 Å². The first-order valence-electron chi connectivity index (χ1n) is 7.41. The van der Waals surface area contributed by atoms with Crippen molar-refractivity contribution in [1.82, 2.24) is 0 Å². The topological polar surface area (TPSA) is 82.8 Å². The minimum Gasteiger partial charge on any atom is -0.488 e. The fourth-order valence-electron chi connectivity index (χ4n) is 3.27. The minimum atomic E-state index is -0.285. The smallest absolute Gasteiger partial charge is 0.127 e. The number of hydrogen-bond donors (Lipinski definition) is 1. The molecule has 2 N–H and O–H groups in total. The number of nitrogens with two attached hydrogens (primary N) is 1. The van der Waals surface area contributed by atoms with Gasteiger partial charge in [-0.3, -0.25) is 0 Å². The van der Waals surface area contributed by atoms with Gasteiger partial charge in [-0.05, 0) is 17.0 Å². The van der Waals surface area contributed by atoms with Gasteiger partial charge in [0.25, 0.3) is 0 Å². The van der Waals surface area contributed by atoms with Crippen molar-refractivity contribution < 1.29 is 4.74 Å². The Morgan fingerprint density at radius 1 is 1.09 bits per heavy atom. The second kappa shape index (κ2) is 5.04. The fraction of sp³-hybridized carbons (Fsp3) is 0.263. The van der Waals surface area contributed by atoms with Gasteiger partial charge in [-0.2, -0.15) is 10.5 Å². The lowest BCUT2D eigenvalue weighted by molar-refractivity contribution is 0.298. The molecule has 1 aliphatic heterocycles. The molecule has 4 nitrogen and oxygen atoms in total. The first-order valence-corrected chi connectivity index (χ1v) is 7.41. The number of nitrogens with zero attached hydrogens (tertiary/aromatic N) is 2. The monoisotopic (exact) mass is 303 g/mol. The van der Waals surface area contributed by atoms with E-state index in [2.05, 4.69) is 12.1 Å². The van der Waals surface area contributed by atoms with Crippen molar-refractivity contribution in [3.63, 3.8) is 0 Å². The Kier molecular flexibility index (Phi) is 3.27. The summed E-state index contributed by atoms with van der Waals surface area (Å²) in [6.45, 7) is 6.45. The molecule has 3 rings (SSSR count). The van der Waals surface area contributed by atoms with Crippen LogP contribution in [0.1, 0.15) is 43.0 Å². The van der Waals surface area contributed by atoms with E-state index in [0.29, 0.717) is 17.7 Å². The molecule has 0 unspecified atom stereocenters. The van der Waals surface area contributed by atoms with Crippen molar-refractivity contribution in [3.8, 4) is 29.0 Å². The molecule has 2 aromatic rings. The summed E-state index contributed by atoms with van der Waals surface area (Å²) < 4.78 is 5.86. The lowest BCUT2D eigenvalue weighted by atomic mass is 9.75. The Morgan fingerprint density at radius 2 is 1.74 bits per heavy atom. The summed E-state index contributed by atoms with van der Waals surface area (Å²) >= 11 is 0. The van der Waals surface area contributed by atoms with Crippen molar-refractivity contribution in [2.24, 2.45) is 0 Å². The van der Waals surface area contributed by atoms with Crippen molar-refractivity contribution >= 4 is 5.69 Å². The van der Waals surface area contributed by atoms with Crippen molar-refractivity contribution in [1.29, 1.82) is 10.5 Å². The van der Waals surface area contributed by atoms with E-state index < -0.39 is 0 Å². The molecule has 0 saturated carbocycles. The SMILES string of the molecule is CC(C)(C)c1c(C#N)c(N)c(C#N)c2c1COc1ccccc1-2. The summed E-state index contributed by atoms with van der Waals surface area (Å²) in [5.74, 6) is 0.737. The summed E-state index contributed by atoms with van der Waals surface area (Å²) in [5, 5.41) is 19.2. The van der Waals surface area contributed by atoms with Crippen LogP contribution in [0.5, 0.6) is 5.75 Å². The van der Waals surface area contributed by atoms with Crippen LogP contribution in [-0.4, -0.2) is 0 Å². The average molecular weight is 303 g/mol. The molecule has 0 amide bonds. The van der Waals surface area contributed by atoms with E-state index in [0.717, 1.165) is 28.0 Å². The van der Waals surface area contributed by atoms with Crippen molar-refractivity contribution in [3.05, 3.63) is 46.5 Å². The fourth-order valence-corrected chi connectivity index (χ4v) is 3.27. The molecule has 0 radical (unpaired) electrons. The normalized spacial score (nSPS) is 12.4. The van der Waals surface area contributed by atoms with Crippen LogP contribution in [0.25, 0.3) is 11.1 Å². The lowest BCUT2D eigenvalue weighted by Crippen LogP contribution is -2.22. The highest BCUT2D eigenvalue weighted by atomic mass is 16.5. The van der Waals surface area contributed by atoms with Crippen LogP contribution in [0, 0.1) is 22.7 Å². The van der Waals surface area contributed by atoms with E-state index in [-0.39, 0.29) is 11.1 Å². The second-order valence-corrected chi connectivity index (χ2v) is 6.65. The number of hydrogen-bond acceptors (Lipinski definition) is 4. The number of nitriles is 2. The summed E-state index contributed by atoms with van der Waals surface area (Å²) in [4.78, 5) is 0. The van der Waals surface area contributed by atoms with Gasteiger partial charge in [0.15, 0.2) is 0 Å². The number of fused-ring (bicyclic) bond motifs is 3. The Hall–Kier alpha value is -2.98. The van der Waals surface area contributed by atoms with E-state index in [1.165, 1.54) is 0 Å². The van der Waals surface area contributed by atoms with Gasteiger partial charge in [0.05, 0.1) is 16.8 Å². The van der Waals surface area contributed by atoms with Gasteiger partial charge in [0.2, 0.25) is 0 Å². The number of para-hydroxylation sites is 1. The van der Waals surface area contributed by atoms with E-state index >= 15 is 0 Å². The maximum Gasteiger partial charge on any atom is 0.127 e. The zero-order valence-electron chi connectivity index (χ0n) is 13.4. The molecule has 0 aromatic heterocycles. The highest BCUT2D eigenvalue weighted by Crippen LogP contribution is 2.46. The van der Waals surface area contributed by atoms with Crippen LogP contribution in [0.4, 0.5) is 5.69 Å². The molecular formula is C19H17N3O. The van der Waals surface area contributed by atoms with Crippen LogP contribution in [0.15, 0.2) is 24.3 Å². The number of nitrogen functional groups attached to an aromatic ring is 1. The number of rotatable bonds is 0. The maximum absolute atomic E-state index is 9.63. The van der Waals surface area contributed by atoms with Gasteiger partial charge < -0.3 is 10.5 Å².